The first-order chi connectivity index (χ1) is 16.1. The Labute approximate surface area is 196 Å². The summed E-state index contributed by atoms with van der Waals surface area (Å²) in [6, 6.07) is 8.05. The number of nitrogens with zero attached hydrogens (tertiary/aromatic N) is 3. The summed E-state index contributed by atoms with van der Waals surface area (Å²) in [4.78, 5) is 46.5. The molecule has 0 spiro atoms. The maximum absolute atomic E-state index is 13.0. The number of aryl methyl sites for hydroxylation is 3. The molecule has 33 heavy (non-hydrogen) atoms. The Balaban J connectivity index is 1.15. The zero-order valence-corrected chi connectivity index (χ0v) is 19.5. The van der Waals surface area contributed by atoms with Crippen LogP contribution in [0.1, 0.15) is 48.1 Å². The third-order valence-corrected chi connectivity index (χ3v) is 7.76. The highest BCUT2D eigenvalue weighted by molar-refractivity contribution is 7.18. The highest BCUT2D eigenvalue weighted by Crippen LogP contribution is 2.33. The second-order valence-corrected chi connectivity index (χ2v) is 9.88. The maximum atomic E-state index is 13.0. The van der Waals surface area contributed by atoms with Gasteiger partial charge in [-0.3, -0.25) is 19.0 Å². The molecule has 0 atom stereocenters. The van der Waals surface area contributed by atoms with Crippen LogP contribution in [-0.4, -0.2) is 34.5 Å². The molecule has 0 radical (unpaired) electrons. The van der Waals surface area contributed by atoms with E-state index >= 15 is 0 Å². The van der Waals surface area contributed by atoms with Crippen molar-refractivity contribution >= 4 is 39.1 Å². The number of anilines is 1. The summed E-state index contributed by atoms with van der Waals surface area (Å²) in [7, 11) is 0. The van der Waals surface area contributed by atoms with Gasteiger partial charge in [-0.15, -0.1) is 11.3 Å². The number of carbonyl (C=O) groups is 2. The van der Waals surface area contributed by atoms with Gasteiger partial charge in [0, 0.05) is 30.1 Å². The first-order valence-corrected chi connectivity index (χ1v) is 12.6. The standard InChI is InChI=1S/C25H28N4O3S/c30-21(15-28-16-27-24-23(25(28)32)18-9-2-4-11-20(18)33-24)26-13-5-12-22(31)29-14-6-8-17-7-1-3-10-19(17)29/h1,3,7,10,16H,2,4-6,8-9,11-15H2,(H,26,30). The molecule has 2 aliphatic rings. The minimum Gasteiger partial charge on any atom is -0.355 e. The minimum atomic E-state index is -0.238. The van der Waals surface area contributed by atoms with Crippen LogP contribution in [0.15, 0.2) is 35.4 Å². The molecule has 0 saturated carbocycles. The minimum absolute atomic E-state index is 0.0557. The van der Waals surface area contributed by atoms with Gasteiger partial charge in [0.25, 0.3) is 5.56 Å². The molecule has 7 nitrogen and oxygen atoms in total. The van der Waals surface area contributed by atoms with Gasteiger partial charge in [0.15, 0.2) is 0 Å². The Bertz CT molecular complexity index is 1260. The number of hydrogen-bond acceptors (Lipinski definition) is 5. The number of aromatic nitrogens is 2. The summed E-state index contributed by atoms with van der Waals surface area (Å²) in [5, 5.41) is 3.54. The monoisotopic (exact) mass is 464 g/mol. The van der Waals surface area contributed by atoms with Crippen molar-refractivity contribution in [1.82, 2.24) is 14.9 Å². The van der Waals surface area contributed by atoms with Crippen molar-refractivity contribution in [3.8, 4) is 0 Å². The highest BCUT2D eigenvalue weighted by Gasteiger charge is 2.22. The largest absolute Gasteiger partial charge is 0.355 e. The summed E-state index contributed by atoms with van der Waals surface area (Å²) in [6.07, 6.45) is 8.57. The molecule has 5 rings (SSSR count). The van der Waals surface area contributed by atoms with Gasteiger partial charge < -0.3 is 10.2 Å². The Morgan fingerprint density at radius 2 is 1.94 bits per heavy atom. The molecule has 1 aromatic carbocycles. The lowest BCUT2D eigenvalue weighted by Gasteiger charge is -2.29. The van der Waals surface area contributed by atoms with Gasteiger partial charge in [-0.25, -0.2) is 4.98 Å². The van der Waals surface area contributed by atoms with Crippen LogP contribution in [0.3, 0.4) is 0 Å². The quantitative estimate of drug-likeness (QED) is 0.568. The van der Waals surface area contributed by atoms with Gasteiger partial charge in [-0.05, 0) is 62.1 Å². The molecule has 2 aromatic heterocycles. The van der Waals surface area contributed by atoms with E-state index in [2.05, 4.69) is 16.4 Å². The fraction of sp³-hybridized carbons (Fsp3) is 0.440. The molecule has 3 aromatic rings. The van der Waals surface area contributed by atoms with E-state index in [1.165, 1.54) is 21.3 Å². The highest BCUT2D eigenvalue weighted by atomic mass is 32.1. The van der Waals surface area contributed by atoms with E-state index in [0.717, 1.165) is 61.2 Å². The molecule has 8 heteroatoms. The lowest BCUT2D eigenvalue weighted by Crippen LogP contribution is -2.36. The van der Waals surface area contributed by atoms with Crippen molar-refractivity contribution in [3.63, 3.8) is 0 Å². The lowest BCUT2D eigenvalue weighted by atomic mass is 9.97. The van der Waals surface area contributed by atoms with Crippen molar-refractivity contribution in [2.24, 2.45) is 0 Å². The van der Waals surface area contributed by atoms with Gasteiger partial charge in [0.05, 0.1) is 11.7 Å². The van der Waals surface area contributed by atoms with E-state index in [4.69, 9.17) is 0 Å². The fourth-order valence-corrected chi connectivity index (χ4v) is 6.12. The van der Waals surface area contributed by atoms with Crippen LogP contribution in [-0.2, 0) is 35.4 Å². The Hall–Kier alpha value is -3.00. The van der Waals surface area contributed by atoms with E-state index in [0.29, 0.717) is 24.8 Å². The average molecular weight is 465 g/mol. The number of hydrogen-bond donors (Lipinski definition) is 1. The van der Waals surface area contributed by atoms with Gasteiger partial charge in [0.2, 0.25) is 11.8 Å². The number of amides is 2. The summed E-state index contributed by atoms with van der Waals surface area (Å²) in [6.45, 7) is 1.09. The molecule has 1 aliphatic heterocycles. The number of fused-ring (bicyclic) bond motifs is 4. The molecular formula is C25H28N4O3S. The second kappa shape index (κ2) is 9.47. The molecule has 0 bridgehead atoms. The zero-order chi connectivity index (χ0) is 22.8. The lowest BCUT2D eigenvalue weighted by molar-refractivity contribution is -0.122. The van der Waals surface area contributed by atoms with Crippen LogP contribution in [0.2, 0.25) is 0 Å². The molecule has 2 amide bonds. The summed E-state index contributed by atoms with van der Waals surface area (Å²) in [5.41, 5.74) is 3.23. The molecule has 172 valence electrons. The number of rotatable bonds is 6. The SMILES string of the molecule is O=C(Cn1cnc2sc3c(c2c1=O)CCCC3)NCCCC(=O)N1CCCc2ccccc21. The molecule has 0 fully saturated rings. The van der Waals surface area contributed by atoms with Crippen molar-refractivity contribution in [2.45, 2.75) is 57.9 Å². The third-order valence-electron chi connectivity index (χ3n) is 6.56. The number of nitrogens with one attached hydrogen (secondary N) is 1. The zero-order valence-electron chi connectivity index (χ0n) is 18.6. The molecule has 1 aliphatic carbocycles. The molecule has 3 heterocycles. The molecule has 0 saturated heterocycles. The van der Waals surface area contributed by atoms with Crippen molar-refractivity contribution in [3.05, 3.63) is 57.0 Å². The summed E-state index contributed by atoms with van der Waals surface area (Å²) >= 11 is 1.61. The predicted octanol–water partition coefficient (Wildman–Crippen LogP) is 3.21. The van der Waals surface area contributed by atoms with Crippen molar-refractivity contribution in [1.29, 1.82) is 0 Å². The van der Waals surface area contributed by atoms with Crippen molar-refractivity contribution in [2.75, 3.05) is 18.0 Å². The fourth-order valence-electron chi connectivity index (χ4n) is 4.90. The van der Waals surface area contributed by atoms with Crippen LogP contribution in [0.5, 0.6) is 0 Å². The van der Waals surface area contributed by atoms with E-state index in [1.54, 1.807) is 11.3 Å². The van der Waals surface area contributed by atoms with E-state index in [1.807, 2.05) is 23.1 Å². The normalized spacial score (nSPS) is 15.2. The molecular weight excluding hydrogens is 436 g/mol. The molecule has 0 unspecified atom stereocenters. The predicted molar refractivity (Wildman–Crippen MR) is 130 cm³/mol. The maximum Gasteiger partial charge on any atom is 0.262 e. The number of carbonyl (C=O) groups excluding carboxylic acids is 2. The van der Waals surface area contributed by atoms with Crippen LogP contribution in [0, 0.1) is 0 Å². The van der Waals surface area contributed by atoms with E-state index < -0.39 is 0 Å². The van der Waals surface area contributed by atoms with Gasteiger partial charge >= 0.3 is 0 Å². The topological polar surface area (TPSA) is 84.3 Å². The van der Waals surface area contributed by atoms with Crippen molar-refractivity contribution < 1.29 is 9.59 Å². The van der Waals surface area contributed by atoms with Crippen LogP contribution in [0.4, 0.5) is 5.69 Å². The third kappa shape index (κ3) is 4.44. The Morgan fingerprint density at radius 3 is 2.85 bits per heavy atom. The van der Waals surface area contributed by atoms with Gasteiger partial charge in [-0.1, -0.05) is 18.2 Å². The van der Waals surface area contributed by atoms with E-state index in [-0.39, 0.29) is 23.9 Å². The number of thiophene rings is 1. The summed E-state index contributed by atoms with van der Waals surface area (Å²) in [5.74, 6) is -0.150. The second-order valence-electron chi connectivity index (χ2n) is 8.80. The van der Waals surface area contributed by atoms with Crippen LogP contribution < -0.4 is 15.8 Å². The summed E-state index contributed by atoms with van der Waals surface area (Å²) < 4.78 is 1.40. The van der Waals surface area contributed by atoms with Crippen LogP contribution >= 0.6 is 11.3 Å². The smallest absolute Gasteiger partial charge is 0.262 e. The van der Waals surface area contributed by atoms with Gasteiger partial charge in [0.1, 0.15) is 11.4 Å². The average Bonchev–Trinajstić information content (AvgIpc) is 3.22. The Morgan fingerprint density at radius 1 is 1.09 bits per heavy atom. The first-order valence-electron chi connectivity index (χ1n) is 11.8. The molecule has 1 N–H and O–H groups in total. The number of para-hydroxylation sites is 1. The first kappa shape index (κ1) is 21.8. The van der Waals surface area contributed by atoms with E-state index in [9.17, 15) is 14.4 Å². The van der Waals surface area contributed by atoms with Crippen LogP contribution in [0.25, 0.3) is 10.2 Å². The Kier molecular flexibility index (Phi) is 6.26. The van der Waals surface area contributed by atoms with Gasteiger partial charge in [-0.2, -0.15) is 0 Å². The number of benzene rings is 1.